The number of nitrogens with two attached hydrogens (primary N) is 1. The van der Waals surface area contributed by atoms with Crippen molar-refractivity contribution in [3.8, 4) is 0 Å². The molecule has 0 radical (unpaired) electrons. The van der Waals surface area contributed by atoms with E-state index in [-0.39, 0.29) is 21.9 Å². The maximum atomic E-state index is 13.0. The first kappa shape index (κ1) is 16.9. The number of ketones is 1. The van der Waals surface area contributed by atoms with Crippen LogP contribution in [0.1, 0.15) is 21.9 Å². The Hall–Kier alpha value is -1.92. The molecular formula is C17H11ClF3NOS. The number of carbonyl (C=O) groups excluding carboxylic acids is 1. The molecule has 1 unspecified atom stereocenters. The van der Waals surface area contributed by atoms with Crippen molar-refractivity contribution in [1.82, 2.24) is 0 Å². The van der Waals surface area contributed by atoms with Gasteiger partial charge in [0, 0.05) is 0 Å². The number of carbonyl (C=O) groups is 1. The van der Waals surface area contributed by atoms with Crippen LogP contribution in [-0.4, -0.2) is 5.78 Å². The van der Waals surface area contributed by atoms with Gasteiger partial charge in [-0.05, 0) is 23.3 Å². The average molecular weight is 370 g/mol. The Morgan fingerprint density at radius 3 is 2.38 bits per heavy atom. The largest absolute Gasteiger partial charge is 0.417 e. The molecule has 0 aromatic heterocycles. The van der Waals surface area contributed by atoms with E-state index in [1.165, 1.54) is 6.07 Å². The predicted octanol–water partition coefficient (Wildman–Crippen LogP) is 5.04. The average Bonchev–Trinajstić information content (AvgIpc) is 2.83. The molecule has 0 saturated carbocycles. The topological polar surface area (TPSA) is 43.1 Å². The number of Topliss-reactive ketones (excluding diaryl/α,β-unsaturated/α-hetero) is 1. The molecule has 2 aromatic rings. The summed E-state index contributed by atoms with van der Waals surface area (Å²) in [6.45, 7) is 0. The molecule has 7 heteroatoms. The zero-order valence-corrected chi connectivity index (χ0v) is 13.7. The Labute approximate surface area is 145 Å². The summed E-state index contributed by atoms with van der Waals surface area (Å²) in [7, 11) is 0. The molecule has 1 atom stereocenters. The smallest absolute Gasteiger partial charge is 0.393 e. The zero-order valence-electron chi connectivity index (χ0n) is 12.1. The van der Waals surface area contributed by atoms with Crippen molar-refractivity contribution in [3.05, 3.63) is 75.3 Å². The van der Waals surface area contributed by atoms with Gasteiger partial charge in [0.25, 0.3) is 0 Å². The standard InChI is InChI=1S/C17H11ClF3NOS/c18-12-7-6-10(8-11(12)17(19,20)21)13-14(23)15(24-16(13)22)9-4-2-1-3-5-9/h1-8,15H,22H2. The van der Waals surface area contributed by atoms with Crippen LogP contribution in [0, 0.1) is 0 Å². The van der Waals surface area contributed by atoms with Gasteiger partial charge in [0.1, 0.15) is 0 Å². The van der Waals surface area contributed by atoms with Crippen molar-refractivity contribution in [2.75, 3.05) is 0 Å². The van der Waals surface area contributed by atoms with Gasteiger partial charge in [0.15, 0.2) is 5.78 Å². The fourth-order valence-electron chi connectivity index (χ4n) is 2.52. The number of hydrogen-bond donors (Lipinski definition) is 1. The Morgan fingerprint density at radius 2 is 1.75 bits per heavy atom. The van der Waals surface area contributed by atoms with Crippen molar-refractivity contribution in [1.29, 1.82) is 0 Å². The van der Waals surface area contributed by atoms with Gasteiger partial charge in [-0.3, -0.25) is 4.79 Å². The van der Waals surface area contributed by atoms with Crippen LogP contribution >= 0.6 is 23.4 Å². The second-order valence-corrected chi connectivity index (χ2v) is 6.76. The Morgan fingerprint density at radius 1 is 1.08 bits per heavy atom. The lowest BCUT2D eigenvalue weighted by molar-refractivity contribution is -0.137. The van der Waals surface area contributed by atoms with E-state index in [0.29, 0.717) is 0 Å². The minimum Gasteiger partial charge on any atom is -0.393 e. The number of alkyl halides is 3. The molecule has 124 valence electrons. The molecule has 2 aromatic carbocycles. The Bertz CT molecular complexity index is 833. The third-order valence-electron chi connectivity index (χ3n) is 3.64. The zero-order chi connectivity index (χ0) is 17.5. The summed E-state index contributed by atoms with van der Waals surface area (Å²) >= 11 is 6.77. The van der Waals surface area contributed by atoms with Crippen LogP contribution in [0.15, 0.2) is 53.6 Å². The predicted molar refractivity (Wildman–Crippen MR) is 89.3 cm³/mol. The first-order valence-corrected chi connectivity index (χ1v) is 8.17. The highest BCUT2D eigenvalue weighted by Crippen LogP contribution is 2.47. The first-order valence-electron chi connectivity index (χ1n) is 6.91. The molecule has 0 saturated heterocycles. The van der Waals surface area contributed by atoms with Gasteiger partial charge in [-0.15, -0.1) is 0 Å². The van der Waals surface area contributed by atoms with E-state index in [1.807, 2.05) is 6.07 Å². The van der Waals surface area contributed by atoms with Crippen molar-refractivity contribution < 1.29 is 18.0 Å². The van der Waals surface area contributed by atoms with E-state index >= 15 is 0 Å². The van der Waals surface area contributed by atoms with Gasteiger partial charge in [0.05, 0.1) is 26.4 Å². The van der Waals surface area contributed by atoms with E-state index < -0.39 is 22.0 Å². The van der Waals surface area contributed by atoms with Gasteiger partial charge in [-0.1, -0.05) is 59.8 Å². The second-order valence-electron chi connectivity index (χ2n) is 5.20. The molecule has 0 fully saturated rings. The van der Waals surface area contributed by atoms with Gasteiger partial charge < -0.3 is 5.73 Å². The number of thioether (sulfide) groups is 1. The highest BCUT2D eigenvalue weighted by atomic mass is 35.5. The maximum absolute atomic E-state index is 13.0. The van der Waals surface area contributed by atoms with Crippen molar-refractivity contribution in [2.24, 2.45) is 5.73 Å². The summed E-state index contributed by atoms with van der Waals surface area (Å²) in [5.74, 6) is -0.306. The fourth-order valence-corrected chi connectivity index (χ4v) is 3.85. The molecular weight excluding hydrogens is 359 g/mol. The summed E-state index contributed by atoms with van der Waals surface area (Å²) in [4.78, 5) is 12.7. The normalized spacial score (nSPS) is 18.3. The van der Waals surface area contributed by atoms with Crippen molar-refractivity contribution in [2.45, 2.75) is 11.4 Å². The lowest BCUT2D eigenvalue weighted by Gasteiger charge is -2.12. The molecule has 0 spiro atoms. The summed E-state index contributed by atoms with van der Waals surface area (Å²) in [6.07, 6.45) is -4.60. The molecule has 1 aliphatic heterocycles. The maximum Gasteiger partial charge on any atom is 0.417 e. The van der Waals surface area contributed by atoms with E-state index in [2.05, 4.69) is 0 Å². The molecule has 0 amide bonds. The highest BCUT2D eigenvalue weighted by molar-refractivity contribution is 8.04. The minimum absolute atomic E-state index is 0.107. The lowest BCUT2D eigenvalue weighted by atomic mass is 9.96. The third kappa shape index (κ3) is 3.03. The summed E-state index contributed by atoms with van der Waals surface area (Å²) in [5.41, 5.74) is 5.94. The number of halogens is 4. The first-order chi connectivity index (χ1) is 11.3. The van der Waals surface area contributed by atoms with Crippen LogP contribution in [0.5, 0.6) is 0 Å². The van der Waals surface area contributed by atoms with Gasteiger partial charge in [-0.25, -0.2) is 0 Å². The van der Waals surface area contributed by atoms with Crippen molar-refractivity contribution in [3.63, 3.8) is 0 Å². The summed E-state index contributed by atoms with van der Waals surface area (Å²) in [6, 6.07) is 12.4. The third-order valence-corrected chi connectivity index (χ3v) is 5.15. The Kier molecular flexibility index (Phi) is 4.36. The van der Waals surface area contributed by atoms with Crippen LogP contribution in [0.4, 0.5) is 13.2 Å². The lowest BCUT2D eigenvalue weighted by Crippen LogP contribution is -2.10. The van der Waals surface area contributed by atoms with Crippen molar-refractivity contribution >= 4 is 34.7 Å². The van der Waals surface area contributed by atoms with E-state index in [4.69, 9.17) is 17.3 Å². The molecule has 1 heterocycles. The molecule has 2 N–H and O–H groups in total. The minimum atomic E-state index is -4.60. The van der Waals surface area contributed by atoms with Gasteiger partial charge in [-0.2, -0.15) is 13.2 Å². The van der Waals surface area contributed by atoms with Crippen LogP contribution < -0.4 is 5.73 Å². The van der Waals surface area contributed by atoms with E-state index in [9.17, 15) is 18.0 Å². The quantitative estimate of drug-likeness (QED) is 0.806. The van der Waals surface area contributed by atoms with Crippen LogP contribution in [0.2, 0.25) is 5.02 Å². The number of benzene rings is 2. The van der Waals surface area contributed by atoms with E-state index in [1.54, 1.807) is 24.3 Å². The fraction of sp³-hybridized carbons (Fsp3) is 0.118. The highest BCUT2D eigenvalue weighted by Gasteiger charge is 2.37. The van der Waals surface area contributed by atoms with Crippen LogP contribution in [-0.2, 0) is 11.0 Å². The second kappa shape index (κ2) is 6.18. The molecule has 1 aliphatic rings. The Balaban J connectivity index is 2.01. The molecule has 3 rings (SSSR count). The van der Waals surface area contributed by atoms with Gasteiger partial charge >= 0.3 is 6.18 Å². The number of allylic oxidation sites excluding steroid dienone is 1. The van der Waals surface area contributed by atoms with Crippen LogP contribution in [0.3, 0.4) is 0 Å². The molecule has 0 bridgehead atoms. The number of rotatable bonds is 2. The molecule has 24 heavy (non-hydrogen) atoms. The summed E-state index contributed by atoms with van der Waals surface area (Å²) < 4.78 is 39.1. The molecule has 2 nitrogen and oxygen atoms in total. The van der Waals surface area contributed by atoms with Gasteiger partial charge in [0.2, 0.25) is 0 Å². The molecule has 0 aliphatic carbocycles. The van der Waals surface area contributed by atoms with Crippen LogP contribution in [0.25, 0.3) is 5.57 Å². The monoisotopic (exact) mass is 369 g/mol. The van der Waals surface area contributed by atoms with E-state index in [0.717, 1.165) is 29.5 Å². The number of hydrogen-bond acceptors (Lipinski definition) is 3. The SMILES string of the molecule is NC1=C(c2ccc(Cl)c(C(F)(F)F)c2)C(=O)C(c2ccccc2)S1. The summed E-state index contributed by atoms with van der Waals surface area (Å²) in [5, 5.41) is -0.751.